The molecule has 1 aliphatic heterocycles. The van der Waals surface area contributed by atoms with Gasteiger partial charge in [-0.1, -0.05) is 11.6 Å². The number of methoxy groups -OCH3 is 1. The highest BCUT2D eigenvalue weighted by Gasteiger charge is 2.34. The van der Waals surface area contributed by atoms with Gasteiger partial charge >= 0.3 is 0 Å². The molecule has 4 nitrogen and oxygen atoms in total. The predicted molar refractivity (Wildman–Crippen MR) is 92.8 cm³/mol. The third-order valence-corrected chi connectivity index (χ3v) is 4.93. The fourth-order valence-electron chi connectivity index (χ4n) is 2.60. The molecule has 23 heavy (non-hydrogen) atoms. The van der Waals surface area contributed by atoms with Gasteiger partial charge in [0.1, 0.15) is 11.0 Å². The molecule has 0 unspecified atom stereocenters. The van der Waals surface area contributed by atoms with E-state index >= 15 is 0 Å². The molecule has 0 radical (unpaired) electrons. The van der Waals surface area contributed by atoms with Gasteiger partial charge in [0, 0.05) is 16.1 Å². The zero-order chi connectivity index (χ0) is 16.6. The molecule has 0 saturated heterocycles. The van der Waals surface area contributed by atoms with Crippen LogP contribution in [0.3, 0.4) is 0 Å². The molecule has 0 spiro atoms. The number of halogens is 1. The van der Waals surface area contributed by atoms with Crippen LogP contribution in [0, 0.1) is 0 Å². The maximum absolute atomic E-state index is 12.8. The topological polar surface area (TPSA) is 55.4 Å². The number of thioether (sulfide) groups is 1. The second-order valence-electron chi connectivity index (χ2n) is 5.08. The number of rotatable bonds is 4. The molecule has 2 aromatic rings. The molecular formula is C17H14ClNO3S. The van der Waals surface area contributed by atoms with Crippen molar-refractivity contribution in [2.45, 2.75) is 5.25 Å². The SMILES string of the molecule is COc1cc(C(=O)c2ccc(Cl)cc2)c2c(c1)[C@@H](SC)C(=O)N2. The van der Waals surface area contributed by atoms with Gasteiger partial charge in [0.15, 0.2) is 5.78 Å². The average molecular weight is 348 g/mol. The number of amides is 1. The molecule has 1 amide bonds. The first-order valence-electron chi connectivity index (χ1n) is 6.91. The van der Waals surface area contributed by atoms with Gasteiger partial charge in [-0.15, -0.1) is 11.8 Å². The number of benzene rings is 2. The van der Waals surface area contributed by atoms with E-state index < -0.39 is 0 Å². The van der Waals surface area contributed by atoms with Crippen LogP contribution >= 0.6 is 23.4 Å². The lowest BCUT2D eigenvalue weighted by molar-refractivity contribution is -0.115. The maximum atomic E-state index is 12.8. The van der Waals surface area contributed by atoms with Crippen LogP contribution in [-0.2, 0) is 4.79 Å². The summed E-state index contributed by atoms with van der Waals surface area (Å²) in [7, 11) is 1.54. The molecule has 1 N–H and O–H groups in total. The summed E-state index contributed by atoms with van der Waals surface area (Å²) in [6.07, 6.45) is 1.86. The van der Waals surface area contributed by atoms with Crippen LogP contribution in [0.25, 0.3) is 0 Å². The number of ketones is 1. The molecule has 0 fully saturated rings. The van der Waals surface area contributed by atoms with Crippen LogP contribution in [0.2, 0.25) is 5.02 Å². The van der Waals surface area contributed by atoms with Gasteiger partial charge in [-0.05, 0) is 42.7 Å². The van der Waals surface area contributed by atoms with E-state index in [2.05, 4.69) is 5.32 Å². The Bertz CT molecular complexity index is 789. The number of carbonyl (C=O) groups excluding carboxylic acids is 2. The third-order valence-electron chi connectivity index (χ3n) is 3.73. The van der Waals surface area contributed by atoms with Gasteiger partial charge in [0.2, 0.25) is 5.91 Å². The first kappa shape index (κ1) is 15.9. The van der Waals surface area contributed by atoms with E-state index in [1.54, 1.807) is 36.4 Å². The molecule has 1 aliphatic rings. The van der Waals surface area contributed by atoms with Crippen LogP contribution in [0.5, 0.6) is 5.75 Å². The Balaban J connectivity index is 2.13. The number of anilines is 1. The van der Waals surface area contributed by atoms with Crippen molar-refractivity contribution in [1.29, 1.82) is 0 Å². The molecular weight excluding hydrogens is 334 g/mol. The van der Waals surface area contributed by atoms with Gasteiger partial charge in [0.25, 0.3) is 0 Å². The molecule has 0 bridgehead atoms. The van der Waals surface area contributed by atoms with Crippen molar-refractivity contribution in [3.63, 3.8) is 0 Å². The smallest absolute Gasteiger partial charge is 0.242 e. The van der Waals surface area contributed by atoms with Gasteiger partial charge in [-0.2, -0.15) is 0 Å². The standard InChI is InChI=1S/C17H14ClNO3S/c1-22-11-7-12(15(20)9-3-5-10(18)6-4-9)14-13(8-11)16(23-2)17(21)19-14/h3-8,16H,1-2H3,(H,19,21)/t16-/m1/s1. The average Bonchev–Trinajstić information content (AvgIpc) is 2.88. The third kappa shape index (κ3) is 2.82. The fraction of sp³-hybridized carbons (Fsp3) is 0.176. The Morgan fingerprint density at radius 2 is 1.96 bits per heavy atom. The Morgan fingerprint density at radius 3 is 2.57 bits per heavy atom. The maximum Gasteiger partial charge on any atom is 0.242 e. The second-order valence-corrected chi connectivity index (χ2v) is 6.46. The highest BCUT2D eigenvalue weighted by molar-refractivity contribution is 7.99. The van der Waals surface area contributed by atoms with Crippen molar-refractivity contribution in [3.05, 3.63) is 58.1 Å². The minimum Gasteiger partial charge on any atom is -0.497 e. The van der Waals surface area contributed by atoms with E-state index in [0.717, 1.165) is 5.56 Å². The van der Waals surface area contributed by atoms with Crippen LogP contribution in [0.4, 0.5) is 5.69 Å². The molecule has 118 valence electrons. The number of hydrogen-bond acceptors (Lipinski definition) is 4. The number of fused-ring (bicyclic) bond motifs is 1. The van der Waals surface area contributed by atoms with Crippen LogP contribution in [-0.4, -0.2) is 25.1 Å². The van der Waals surface area contributed by atoms with Crippen molar-refractivity contribution in [2.75, 3.05) is 18.7 Å². The van der Waals surface area contributed by atoms with Crippen LogP contribution in [0.15, 0.2) is 36.4 Å². The van der Waals surface area contributed by atoms with Crippen LogP contribution < -0.4 is 10.1 Å². The van der Waals surface area contributed by atoms with E-state index in [1.165, 1.54) is 18.9 Å². The summed E-state index contributed by atoms with van der Waals surface area (Å²) in [5.41, 5.74) is 2.27. The minimum absolute atomic E-state index is 0.120. The molecule has 1 heterocycles. The second kappa shape index (κ2) is 6.26. The highest BCUT2D eigenvalue weighted by atomic mass is 35.5. The highest BCUT2D eigenvalue weighted by Crippen LogP contribution is 2.43. The van der Waals surface area contributed by atoms with E-state index in [1.807, 2.05) is 6.26 Å². The predicted octanol–water partition coefficient (Wildman–Crippen LogP) is 3.94. The van der Waals surface area contributed by atoms with E-state index in [9.17, 15) is 9.59 Å². The van der Waals surface area contributed by atoms with Crippen molar-refractivity contribution in [3.8, 4) is 5.75 Å². The molecule has 0 saturated carbocycles. The lowest BCUT2D eigenvalue weighted by atomic mass is 9.98. The van der Waals surface area contributed by atoms with E-state index in [4.69, 9.17) is 16.3 Å². The summed E-state index contributed by atoms with van der Waals surface area (Å²) >= 11 is 7.29. The molecule has 1 atom stereocenters. The molecule has 0 aliphatic carbocycles. The fourth-order valence-corrected chi connectivity index (χ4v) is 3.44. The number of hydrogen-bond donors (Lipinski definition) is 1. The summed E-state index contributed by atoms with van der Waals surface area (Å²) in [6.45, 7) is 0. The number of ether oxygens (including phenoxy) is 1. The Morgan fingerprint density at radius 1 is 1.26 bits per heavy atom. The Kier molecular flexibility index (Phi) is 4.33. The quantitative estimate of drug-likeness (QED) is 0.851. The summed E-state index contributed by atoms with van der Waals surface area (Å²) in [5.74, 6) is 0.251. The van der Waals surface area contributed by atoms with E-state index in [0.29, 0.717) is 27.6 Å². The van der Waals surface area contributed by atoms with Gasteiger partial charge in [-0.25, -0.2) is 0 Å². The Labute approximate surface area is 143 Å². The van der Waals surface area contributed by atoms with E-state index in [-0.39, 0.29) is 16.9 Å². The summed E-state index contributed by atoms with van der Waals surface area (Å²) < 4.78 is 5.29. The number of carbonyl (C=O) groups is 2. The van der Waals surface area contributed by atoms with Gasteiger partial charge in [0.05, 0.1) is 18.4 Å². The zero-order valence-electron chi connectivity index (χ0n) is 12.6. The zero-order valence-corrected chi connectivity index (χ0v) is 14.1. The van der Waals surface area contributed by atoms with Gasteiger partial charge in [-0.3, -0.25) is 9.59 Å². The minimum atomic E-state index is -0.336. The van der Waals surface area contributed by atoms with Crippen molar-refractivity contribution in [1.82, 2.24) is 0 Å². The normalized spacial score (nSPS) is 16.0. The first-order valence-corrected chi connectivity index (χ1v) is 8.57. The van der Waals surface area contributed by atoms with Crippen LogP contribution in [0.1, 0.15) is 26.7 Å². The largest absolute Gasteiger partial charge is 0.497 e. The molecule has 6 heteroatoms. The van der Waals surface area contributed by atoms with Crippen molar-refractivity contribution in [2.24, 2.45) is 0 Å². The summed E-state index contributed by atoms with van der Waals surface area (Å²) in [5, 5.41) is 3.05. The summed E-state index contributed by atoms with van der Waals surface area (Å²) in [6, 6.07) is 10.1. The van der Waals surface area contributed by atoms with Crippen molar-refractivity contribution >= 4 is 40.7 Å². The lowest BCUT2D eigenvalue weighted by Crippen LogP contribution is -2.10. The monoisotopic (exact) mass is 347 g/mol. The summed E-state index contributed by atoms with van der Waals surface area (Å²) in [4.78, 5) is 24.9. The first-order chi connectivity index (χ1) is 11.0. The van der Waals surface area contributed by atoms with Crippen molar-refractivity contribution < 1.29 is 14.3 Å². The Hall–Kier alpha value is -1.98. The molecule has 2 aromatic carbocycles. The number of nitrogens with one attached hydrogen (secondary N) is 1. The molecule has 0 aromatic heterocycles. The lowest BCUT2D eigenvalue weighted by Gasteiger charge is -2.11. The van der Waals surface area contributed by atoms with Gasteiger partial charge < -0.3 is 10.1 Å². The molecule has 3 rings (SSSR count).